The zero-order valence-corrected chi connectivity index (χ0v) is 10.2. The van der Waals surface area contributed by atoms with Crippen molar-refractivity contribution in [3.8, 4) is 0 Å². The summed E-state index contributed by atoms with van der Waals surface area (Å²) in [6, 6.07) is 6.36. The van der Waals surface area contributed by atoms with Gasteiger partial charge < -0.3 is 0 Å². The number of benzene rings is 1. The van der Waals surface area contributed by atoms with Crippen LogP contribution in [0.15, 0.2) is 46.2 Å². The number of nitrogens with one attached hydrogen (secondary N) is 1. The van der Waals surface area contributed by atoms with E-state index in [1.807, 2.05) is 0 Å². The molecule has 0 atom stereocenters. The lowest BCUT2D eigenvalue weighted by atomic mass is 10.2. The summed E-state index contributed by atoms with van der Waals surface area (Å²) in [5, 5.41) is 3.85. The van der Waals surface area contributed by atoms with Crippen molar-refractivity contribution in [3.05, 3.63) is 52.5 Å². The second-order valence-electron chi connectivity index (χ2n) is 3.12. The minimum absolute atomic E-state index is 0.324. The number of hydrogen-bond donors (Lipinski definition) is 1. The van der Waals surface area contributed by atoms with E-state index in [2.05, 4.69) is 36.4 Å². The number of halogens is 2. The van der Waals surface area contributed by atoms with Gasteiger partial charge >= 0.3 is 0 Å². The molecular weight excluding hydrogens is 287 g/mol. The van der Waals surface area contributed by atoms with Gasteiger partial charge in [0.25, 0.3) is 0 Å². The molecule has 86 valence electrons. The van der Waals surface area contributed by atoms with E-state index in [4.69, 9.17) is 0 Å². The molecule has 0 amide bonds. The van der Waals surface area contributed by atoms with E-state index in [1.165, 1.54) is 12.3 Å². The Kier molecular flexibility index (Phi) is 3.77. The fourth-order valence-corrected chi connectivity index (χ4v) is 1.31. The lowest BCUT2D eigenvalue weighted by molar-refractivity contribution is 0.626. The van der Waals surface area contributed by atoms with Gasteiger partial charge in [-0.15, -0.1) is 0 Å². The maximum absolute atomic E-state index is 13.2. The van der Waals surface area contributed by atoms with Crippen LogP contribution in [0, 0.1) is 5.82 Å². The van der Waals surface area contributed by atoms with Crippen molar-refractivity contribution < 1.29 is 4.39 Å². The fourth-order valence-electron chi connectivity index (χ4n) is 1.11. The first-order valence-electron chi connectivity index (χ1n) is 4.77. The number of aromatic nitrogens is 2. The maximum Gasteiger partial charge on any atom is 0.243 e. The summed E-state index contributed by atoms with van der Waals surface area (Å²) in [6.07, 6.45) is 4.56. The summed E-state index contributed by atoms with van der Waals surface area (Å²) in [7, 11) is 0. The van der Waals surface area contributed by atoms with Gasteiger partial charge in [-0.05, 0) is 22.0 Å². The van der Waals surface area contributed by atoms with Gasteiger partial charge in [-0.1, -0.05) is 18.2 Å². The predicted octanol–water partition coefficient (Wildman–Crippen LogP) is 2.82. The SMILES string of the molecule is Fc1ccccc1/C=N\Nc1ncc(Br)cn1. The van der Waals surface area contributed by atoms with Gasteiger partial charge in [-0.3, -0.25) is 0 Å². The Bertz CT molecular complexity index is 527. The average molecular weight is 295 g/mol. The molecule has 0 aliphatic rings. The van der Waals surface area contributed by atoms with Crippen LogP contribution in [-0.4, -0.2) is 16.2 Å². The van der Waals surface area contributed by atoms with Crippen molar-refractivity contribution in [1.29, 1.82) is 0 Å². The Morgan fingerprint density at radius 2 is 1.94 bits per heavy atom. The molecule has 1 N–H and O–H groups in total. The molecule has 6 heteroatoms. The smallest absolute Gasteiger partial charge is 0.243 e. The minimum atomic E-state index is -0.324. The summed E-state index contributed by atoms with van der Waals surface area (Å²) in [4.78, 5) is 7.91. The quantitative estimate of drug-likeness (QED) is 0.699. The molecule has 0 fully saturated rings. The van der Waals surface area contributed by atoms with Gasteiger partial charge in [-0.25, -0.2) is 19.8 Å². The molecule has 0 saturated carbocycles. The molecule has 1 aromatic carbocycles. The molecule has 0 radical (unpaired) electrons. The lowest BCUT2D eigenvalue weighted by Crippen LogP contribution is -1.96. The molecular formula is C11H8BrFN4. The predicted molar refractivity (Wildman–Crippen MR) is 67.3 cm³/mol. The Morgan fingerprint density at radius 3 is 2.65 bits per heavy atom. The van der Waals surface area contributed by atoms with Crippen LogP contribution in [0.25, 0.3) is 0 Å². The third-order valence-corrected chi connectivity index (χ3v) is 2.30. The molecule has 4 nitrogen and oxygen atoms in total. The number of anilines is 1. The standard InChI is InChI=1S/C11H8BrFN4/c12-9-6-14-11(15-7-9)17-16-5-8-3-1-2-4-10(8)13/h1-7H,(H,14,15,17)/b16-5-. The first kappa shape index (κ1) is 11.7. The van der Waals surface area contributed by atoms with Crippen molar-refractivity contribution >= 4 is 28.1 Å². The molecule has 0 unspecified atom stereocenters. The van der Waals surface area contributed by atoms with E-state index in [9.17, 15) is 4.39 Å². The number of hydrogen-bond acceptors (Lipinski definition) is 4. The van der Waals surface area contributed by atoms with Gasteiger partial charge in [0.05, 0.1) is 10.7 Å². The first-order valence-corrected chi connectivity index (χ1v) is 5.56. The molecule has 0 spiro atoms. The van der Waals surface area contributed by atoms with Crippen molar-refractivity contribution in [2.75, 3.05) is 5.43 Å². The van der Waals surface area contributed by atoms with Gasteiger partial charge in [0.1, 0.15) is 5.82 Å². The van der Waals surface area contributed by atoms with Crippen LogP contribution in [0.5, 0.6) is 0 Å². The Hall–Kier alpha value is -1.82. The van der Waals surface area contributed by atoms with Crippen molar-refractivity contribution in [2.24, 2.45) is 5.10 Å². The van der Waals surface area contributed by atoms with E-state index in [0.717, 1.165) is 4.47 Å². The van der Waals surface area contributed by atoms with E-state index in [1.54, 1.807) is 30.6 Å². The molecule has 1 aromatic heterocycles. The van der Waals surface area contributed by atoms with Crippen molar-refractivity contribution in [1.82, 2.24) is 9.97 Å². The zero-order chi connectivity index (χ0) is 12.1. The average Bonchev–Trinajstić information content (AvgIpc) is 2.34. The van der Waals surface area contributed by atoms with Gasteiger partial charge in [0.2, 0.25) is 5.95 Å². The molecule has 0 aliphatic carbocycles. The fraction of sp³-hybridized carbons (Fsp3) is 0. The molecule has 17 heavy (non-hydrogen) atoms. The Balaban J connectivity index is 2.03. The third-order valence-electron chi connectivity index (χ3n) is 1.89. The van der Waals surface area contributed by atoms with Crippen LogP contribution in [0.3, 0.4) is 0 Å². The molecule has 2 rings (SSSR count). The van der Waals surface area contributed by atoms with Gasteiger partial charge in [0.15, 0.2) is 0 Å². The van der Waals surface area contributed by atoms with E-state index < -0.39 is 0 Å². The topological polar surface area (TPSA) is 50.2 Å². The lowest BCUT2D eigenvalue weighted by Gasteiger charge is -1.98. The second-order valence-corrected chi connectivity index (χ2v) is 4.03. The molecule has 0 saturated heterocycles. The normalized spacial score (nSPS) is 10.7. The number of hydrazone groups is 1. The molecule has 0 aliphatic heterocycles. The van der Waals surface area contributed by atoms with Crippen molar-refractivity contribution in [2.45, 2.75) is 0 Å². The Labute approximate surface area is 106 Å². The first-order chi connectivity index (χ1) is 8.25. The highest BCUT2D eigenvalue weighted by Crippen LogP contribution is 2.07. The summed E-state index contributed by atoms with van der Waals surface area (Å²) >= 11 is 3.22. The highest BCUT2D eigenvalue weighted by Gasteiger charge is 1.96. The maximum atomic E-state index is 13.2. The molecule has 2 aromatic rings. The monoisotopic (exact) mass is 294 g/mol. The molecule has 0 bridgehead atoms. The zero-order valence-electron chi connectivity index (χ0n) is 8.64. The van der Waals surface area contributed by atoms with Crippen LogP contribution in [0.4, 0.5) is 10.3 Å². The highest BCUT2D eigenvalue weighted by molar-refractivity contribution is 9.10. The number of nitrogens with zero attached hydrogens (tertiary/aromatic N) is 3. The van der Waals surface area contributed by atoms with Crippen LogP contribution in [0.1, 0.15) is 5.56 Å². The largest absolute Gasteiger partial charge is 0.245 e. The van der Waals surface area contributed by atoms with Crippen LogP contribution >= 0.6 is 15.9 Å². The van der Waals surface area contributed by atoms with E-state index >= 15 is 0 Å². The van der Waals surface area contributed by atoms with Crippen LogP contribution < -0.4 is 5.43 Å². The summed E-state index contributed by atoms with van der Waals surface area (Å²) in [6.45, 7) is 0. The Morgan fingerprint density at radius 1 is 1.24 bits per heavy atom. The van der Waals surface area contributed by atoms with Crippen LogP contribution in [-0.2, 0) is 0 Å². The van der Waals surface area contributed by atoms with Gasteiger partial charge in [-0.2, -0.15) is 5.10 Å². The summed E-state index contributed by atoms with van der Waals surface area (Å²) < 4.78 is 14.0. The van der Waals surface area contributed by atoms with E-state index in [0.29, 0.717) is 11.5 Å². The highest BCUT2D eigenvalue weighted by atomic mass is 79.9. The van der Waals surface area contributed by atoms with Crippen LogP contribution in [0.2, 0.25) is 0 Å². The summed E-state index contributed by atoms with van der Waals surface area (Å²) in [5.41, 5.74) is 3.01. The summed E-state index contributed by atoms with van der Waals surface area (Å²) in [5.74, 6) is 0.0237. The van der Waals surface area contributed by atoms with Crippen molar-refractivity contribution in [3.63, 3.8) is 0 Å². The third kappa shape index (κ3) is 3.32. The molecule has 1 heterocycles. The van der Waals surface area contributed by atoms with E-state index in [-0.39, 0.29) is 5.82 Å². The van der Waals surface area contributed by atoms with Gasteiger partial charge in [0, 0.05) is 18.0 Å². The second kappa shape index (κ2) is 5.49. The number of rotatable bonds is 3. The minimum Gasteiger partial charge on any atom is -0.245 e.